The van der Waals surface area contributed by atoms with E-state index < -0.39 is 5.91 Å². The Morgan fingerprint density at radius 3 is 2.71 bits per heavy atom. The molecule has 1 aliphatic carbocycles. The van der Waals surface area contributed by atoms with E-state index in [2.05, 4.69) is 41.3 Å². The van der Waals surface area contributed by atoms with E-state index in [0.29, 0.717) is 11.3 Å². The van der Waals surface area contributed by atoms with E-state index in [1.165, 1.54) is 0 Å². The van der Waals surface area contributed by atoms with Gasteiger partial charge in [-0.1, -0.05) is 0 Å². The van der Waals surface area contributed by atoms with Gasteiger partial charge in [0.15, 0.2) is 11.3 Å². The molecule has 12 heteroatoms. The first kappa shape index (κ1) is 20.5. The molecule has 2 aliphatic rings. The van der Waals surface area contributed by atoms with Crippen molar-refractivity contribution < 1.29 is 9.59 Å². The highest BCUT2D eigenvalue weighted by molar-refractivity contribution is 6.07. The molecule has 0 spiro atoms. The van der Waals surface area contributed by atoms with Crippen molar-refractivity contribution in [1.82, 2.24) is 45.2 Å². The molecule has 4 aromatic rings. The molecular weight excluding hydrogens is 436 g/mol. The third kappa shape index (κ3) is 3.92. The molecule has 0 unspecified atom stereocenters. The van der Waals surface area contributed by atoms with Crippen LogP contribution in [0.15, 0.2) is 36.9 Å². The minimum absolute atomic E-state index is 0.178. The van der Waals surface area contributed by atoms with Gasteiger partial charge in [0.2, 0.25) is 0 Å². The normalized spacial score (nSPS) is 16.6. The van der Waals surface area contributed by atoms with Gasteiger partial charge >= 0.3 is 0 Å². The Morgan fingerprint density at radius 2 is 1.94 bits per heavy atom. The van der Waals surface area contributed by atoms with Gasteiger partial charge in [-0.25, -0.2) is 9.50 Å². The van der Waals surface area contributed by atoms with Crippen LogP contribution in [0.2, 0.25) is 0 Å². The molecule has 0 atom stereocenters. The summed E-state index contributed by atoms with van der Waals surface area (Å²) in [6, 6.07) is 3.77. The highest BCUT2D eigenvalue weighted by atomic mass is 16.2. The lowest BCUT2D eigenvalue weighted by atomic mass is 10.1. The number of anilines is 1. The first-order valence-electron chi connectivity index (χ1n) is 11.4. The van der Waals surface area contributed by atoms with Crippen LogP contribution in [0, 0.1) is 0 Å². The van der Waals surface area contributed by atoms with Crippen molar-refractivity contribution in [3.8, 4) is 11.3 Å². The molecule has 0 radical (unpaired) electrons. The van der Waals surface area contributed by atoms with Crippen LogP contribution in [0.3, 0.4) is 0 Å². The summed E-state index contributed by atoms with van der Waals surface area (Å²) in [7, 11) is 0. The van der Waals surface area contributed by atoms with Gasteiger partial charge in [0.1, 0.15) is 5.69 Å². The number of aromatic nitrogens is 7. The number of fused-ring (bicyclic) bond motifs is 1. The maximum absolute atomic E-state index is 13.2. The third-order valence-electron chi connectivity index (χ3n) is 6.18. The number of H-pyrrole nitrogens is 1. The van der Waals surface area contributed by atoms with E-state index in [-0.39, 0.29) is 29.4 Å². The molecule has 5 heterocycles. The summed E-state index contributed by atoms with van der Waals surface area (Å²) >= 11 is 0. The average Bonchev–Trinajstić information content (AvgIpc) is 3.24. The summed E-state index contributed by atoms with van der Waals surface area (Å²) in [6.45, 7) is 1.79. The standard InChI is InChI=1S/C22H24N10O2/c33-21(17-6-10-31-20(27-17)15(11-25-31)16-5-9-24-29-16)28-18-12-32(14-3-7-23-8-4-14)30-19(18)22(34)26-13-1-2-13/h5-6,9-14,23H,1-4,7-8H2,(H,24,29)(H,26,34)(H,28,33). The average molecular weight is 461 g/mol. The zero-order valence-electron chi connectivity index (χ0n) is 18.4. The van der Waals surface area contributed by atoms with E-state index in [1.54, 1.807) is 35.4 Å². The summed E-state index contributed by atoms with van der Waals surface area (Å²) in [5.41, 5.74) is 2.82. The van der Waals surface area contributed by atoms with Crippen LogP contribution in [0.25, 0.3) is 16.9 Å². The fourth-order valence-corrected chi connectivity index (χ4v) is 4.17. The van der Waals surface area contributed by atoms with Crippen LogP contribution >= 0.6 is 0 Å². The number of carbonyl (C=O) groups is 2. The SMILES string of the molecule is O=C(Nc1cn(C2CCNCC2)nc1C(=O)NC1CC1)c1ccn2ncc(-c3ccn[nH]3)c2n1. The minimum atomic E-state index is -0.426. The number of nitrogens with zero attached hydrogens (tertiary/aromatic N) is 6. The molecule has 174 valence electrons. The van der Waals surface area contributed by atoms with Crippen LogP contribution < -0.4 is 16.0 Å². The number of amides is 2. The van der Waals surface area contributed by atoms with Gasteiger partial charge in [0.05, 0.1) is 29.2 Å². The van der Waals surface area contributed by atoms with Crippen molar-refractivity contribution in [2.24, 2.45) is 0 Å². The second kappa shape index (κ2) is 8.37. The molecule has 1 saturated heterocycles. The zero-order chi connectivity index (χ0) is 23.1. The Hall–Kier alpha value is -4.06. The number of hydrogen-bond donors (Lipinski definition) is 4. The smallest absolute Gasteiger partial charge is 0.274 e. The summed E-state index contributed by atoms with van der Waals surface area (Å²) in [4.78, 5) is 30.6. The van der Waals surface area contributed by atoms with E-state index in [0.717, 1.165) is 50.0 Å². The first-order valence-corrected chi connectivity index (χ1v) is 11.4. The van der Waals surface area contributed by atoms with Crippen LogP contribution in [-0.2, 0) is 0 Å². The molecule has 4 aromatic heterocycles. The van der Waals surface area contributed by atoms with E-state index in [1.807, 2.05) is 10.7 Å². The fraction of sp³-hybridized carbons (Fsp3) is 0.364. The monoisotopic (exact) mass is 460 g/mol. The Labute approximate surface area is 194 Å². The van der Waals surface area contributed by atoms with Gasteiger partial charge in [-0.3, -0.25) is 19.4 Å². The maximum Gasteiger partial charge on any atom is 0.274 e. The van der Waals surface area contributed by atoms with Crippen LogP contribution in [0.1, 0.15) is 52.7 Å². The Balaban J connectivity index is 1.30. The molecule has 0 aromatic carbocycles. The van der Waals surface area contributed by atoms with Gasteiger partial charge in [-0.05, 0) is 50.9 Å². The van der Waals surface area contributed by atoms with Crippen LogP contribution in [-0.4, -0.2) is 65.5 Å². The molecule has 1 saturated carbocycles. The number of hydrogen-bond acceptors (Lipinski definition) is 7. The van der Waals surface area contributed by atoms with Crippen molar-refractivity contribution >= 4 is 23.1 Å². The van der Waals surface area contributed by atoms with Crippen LogP contribution in [0.4, 0.5) is 5.69 Å². The van der Waals surface area contributed by atoms with Crippen molar-refractivity contribution in [3.63, 3.8) is 0 Å². The molecule has 4 N–H and O–H groups in total. The van der Waals surface area contributed by atoms with Crippen molar-refractivity contribution in [2.45, 2.75) is 37.8 Å². The van der Waals surface area contributed by atoms with E-state index in [9.17, 15) is 9.59 Å². The summed E-state index contributed by atoms with van der Waals surface area (Å²) in [6.07, 6.45) is 10.5. The molecule has 2 fully saturated rings. The van der Waals surface area contributed by atoms with Gasteiger partial charge in [-0.2, -0.15) is 15.3 Å². The summed E-state index contributed by atoms with van der Waals surface area (Å²) in [5, 5.41) is 24.9. The molecule has 2 amide bonds. The largest absolute Gasteiger partial charge is 0.348 e. The van der Waals surface area contributed by atoms with Crippen molar-refractivity contribution in [3.05, 3.63) is 48.3 Å². The van der Waals surface area contributed by atoms with Gasteiger partial charge < -0.3 is 16.0 Å². The summed E-state index contributed by atoms with van der Waals surface area (Å²) in [5.74, 6) is -0.698. The predicted octanol–water partition coefficient (Wildman–Crippen LogP) is 1.38. The molecular formula is C22H24N10O2. The number of rotatable bonds is 6. The summed E-state index contributed by atoms with van der Waals surface area (Å²) < 4.78 is 3.40. The molecule has 0 bridgehead atoms. The Kier molecular flexibility index (Phi) is 5.06. The second-order valence-electron chi connectivity index (χ2n) is 8.66. The highest BCUT2D eigenvalue weighted by Gasteiger charge is 2.28. The lowest BCUT2D eigenvalue weighted by Gasteiger charge is -2.22. The molecule has 12 nitrogen and oxygen atoms in total. The second-order valence-corrected chi connectivity index (χ2v) is 8.66. The van der Waals surface area contributed by atoms with Crippen molar-refractivity contribution in [2.75, 3.05) is 18.4 Å². The Bertz CT molecular complexity index is 1350. The maximum atomic E-state index is 13.2. The van der Waals surface area contributed by atoms with Crippen molar-refractivity contribution in [1.29, 1.82) is 0 Å². The number of carbonyl (C=O) groups excluding carboxylic acids is 2. The number of aromatic amines is 1. The molecule has 1 aliphatic heterocycles. The van der Waals surface area contributed by atoms with Gasteiger partial charge in [0.25, 0.3) is 11.8 Å². The fourth-order valence-electron chi connectivity index (χ4n) is 4.17. The van der Waals surface area contributed by atoms with E-state index in [4.69, 9.17) is 0 Å². The van der Waals surface area contributed by atoms with Gasteiger partial charge in [0, 0.05) is 24.6 Å². The predicted molar refractivity (Wildman–Crippen MR) is 122 cm³/mol. The van der Waals surface area contributed by atoms with E-state index >= 15 is 0 Å². The topological polar surface area (TPSA) is 147 Å². The number of piperidine rings is 1. The highest BCUT2D eigenvalue weighted by Crippen LogP contribution is 2.25. The minimum Gasteiger partial charge on any atom is -0.348 e. The molecule has 6 rings (SSSR count). The lowest BCUT2D eigenvalue weighted by molar-refractivity contribution is 0.0945. The Morgan fingerprint density at radius 1 is 1.09 bits per heavy atom. The first-order chi connectivity index (χ1) is 16.7. The third-order valence-corrected chi connectivity index (χ3v) is 6.18. The molecule has 34 heavy (non-hydrogen) atoms. The number of nitrogens with one attached hydrogen (secondary N) is 4. The van der Waals surface area contributed by atoms with Crippen LogP contribution in [0.5, 0.6) is 0 Å². The zero-order valence-corrected chi connectivity index (χ0v) is 18.4. The lowest BCUT2D eigenvalue weighted by Crippen LogP contribution is -2.30. The quantitative estimate of drug-likeness (QED) is 0.340. The van der Waals surface area contributed by atoms with Gasteiger partial charge in [-0.15, -0.1) is 0 Å².